The molecule has 2 heterocycles. The molecule has 1 aromatic carbocycles. The lowest BCUT2D eigenvalue weighted by molar-refractivity contribution is 0.0697. The monoisotopic (exact) mass is 385 g/mol. The summed E-state index contributed by atoms with van der Waals surface area (Å²) in [7, 11) is 3.78. The van der Waals surface area contributed by atoms with Crippen LogP contribution >= 0.6 is 0 Å². The highest BCUT2D eigenvalue weighted by molar-refractivity contribution is 5.95. The van der Waals surface area contributed by atoms with Crippen LogP contribution in [0.15, 0.2) is 28.6 Å². The van der Waals surface area contributed by atoms with E-state index in [9.17, 15) is 9.90 Å². The zero-order valence-corrected chi connectivity index (χ0v) is 17.1. The first-order valence-electron chi connectivity index (χ1n) is 9.44. The molecule has 0 saturated carbocycles. The van der Waals surface area contributed by atoms with E-state index in [1.165, 1.54) is 0 Å². The number of benzene rings is 1. The van der Waals surface area contributed by atoms with Crippen LogP contribution in [0.5, 0.6) is 5.88 Å². The maximum atomic E-state index is 11.9. The molecule has 0 fully saturated rings. The van der Waals surface area contributed by atoms with Crippen molar-refractivity contribution >= 4 is 23.3 Å². The van der Waals surface area contributed by atoms with Gasteiger partial charge in [-0.25, -0.2) is 4.79 Å². The van der Waals surface area contributed by atoms with E-state index in [0.29, 0.717) is 24.1 Å². The van der Waals surface area contributed by atoms with E-state index < -0.39 is 5.97 Å². The number of fused-ring (bicyclic) bond motifs is 1. The SMILES string of the molecule is CCOc1cn(C)c(N=Nc2cc3c(cc2C(=O)O)N(C)CCCC3(C)C)n1. The van der Waals surface area contributed by atoms with Gasteiger partial charge in [0, 0.05) is 26.3 Å². The Morgan fingerprint density at radius 3 is 2.75 bits per heavy atom. The van der Waals surface area contributed by atoms with Gasteiger partial charge in [0.2, 0.25) is 5.88 Å². The number of nitrogens with zero attached hydrogens (tertiary/aromatic N) is 5. The lowest BCUT2D eigenvalue weighted by Crippen LogP contribution is -2.20. The second-order valence-corrected chi connectivity index (χ2v) is 7.72. The van der Waals surface area contributed by atoms with Crippen LogP contribution in [0.4, 0.5) is 17.3 Å². The van der Waals surface area contributed by atoms with Crippen molar-refractivity contribution in [1.29, 1.82) is 0 Å². The lowest BCUT2D eigenvalue weighted by atomic mass is 9.80. The summed E-state index contributed by atoms with van der Waals surface area (Å²) in [6.07, 6.45) is 3.78. The molecule has 3 rings (SSSR count). The molecule has 0 saturated heterocycles. The number of aromatic carboxylic acids is 1. The van der Waals surface area contributed by atoms with Gasteiger partial charge in [-0.15, -0.1) is 10.2 Å². The van der Waals surface area contributed by atoms with Crippen molar-refractivity contribution < 1.29 is 14.6 Å². The standard InChI is InChI=1S/C20H27N5O3/c1-6-28-17-12-25(5)19(21-17)23-22-15-11-14-16(10-13(15)18(26)27)24(4)9-7-8-20(14,2)3/h10-12H,6-9H2,1-5H3,(H,26,27). The Hall–Kier alpha value is -2.90. The predicted molar refractivity (Wildman–Crippen MR) is 107 cm³/mol. The molecular formula is C20H27N5O3. The number of carbonyl (C=O) groups is 1. The average molecular weight is 385 g/mol. The van der Waals surface area contributed by atoms with E-state index in [1.807, 2.05) is 20.0 Å². The van der Waals surface area contributed by atoms with Crippen molar-refractivity contribution in [2.24, 2.45) is 17.3 Å². The number of ether oxygens (including phenoxy) is 1. The van der Waals surface area contributed by atoms with E-state index in [0.717, 1.165) is 30.6 Å². The second kappa shape index (κ2) is 7.61. The van der Waals surface area contributed by atoms with Gasteiger partial charge in [-0.3, -0.25) is 0 Å². The summed E-state index contributed by atoms with van der Waals surface area (Å²) >= 11 is 0. The highest BCUT2D eigenvalue weighted by Gasteiger charge is 2.30. The van der Waals surface area contributed by atoms with Gasteiger partial charge in [0.15, 0.2) is 0 Å². The number of aryl methyl sites for hydroxylation is 1. The van der Waals surface area contributed by atoms with Gasteiger partial charge in [0.05, 0.1) is 18.4 Å². The minimum atomic E-state index is -1.03. The highest BCUT2D eigenvalue weighted by Crippen LogP contribution is 2.42. The molecule has 1 aromatic heterocycles. The van der Waals surface area contributed by atoms with E-state index in [1.54, 1.807) is 23.9 Å². The van der Waals surface area contributed by atoms with Crippen LogP contribution in [0.25, 0.3) is 0 Å². The van der Waals surface area contributed by atoms with Gasteiger partial charge in [0.25, 0.3) is 5.95 Å². The maximum absolute atomic E-state index is 11.9. The molecule has 0 atom stereocenters. The molecule has 2 aromatic rings. The van der Waals surface area contributed by atoms with Crippen molar-refractivity contribution in [2.75, 3.05) is 25.1 Å². The summed E-state index contributed by atoms with van der Waals surface area (Å²) in [5.74, 6) is -0.213. The van der Waals surface area contributed by atoms with Crippen molar-refractivity contribution in [3.05, 3.63) is 29.5 Å². The third-order valence-corrected chi connectivity index (χ3v) is 5.15. The van der Waals surface area contributed by atoms with Gasteiger partial charge in [0.1, 0.15) is 5.69 Å². The van der Waals surface area contributed by atoms with Crippen LogP contribution in [-0.2, 0) is 12.5 Å². The minimum Gasteiger partial charge on any atom is -0.478 e. The van der Waals surface area contributed by atoms with Crippen molar-refractivity contribution in [2.45, 2.75) is 39.0 Å². The molecule has 8 nitrogen and oxygen atoms in total. The molecule has 8 heteroatoms. The first kappa shape index (κ1) is 19.9. The summed E-state index contributed by atoms with van der Waals surface area (Å²) in [6.45, 7) is 7.64. The molecule has 1 N–H and O–H groups in total. The number of hydrogen-bond donors (Lipinski definition) is 1. The number of hydrogen-bond acceptors (Lipinski definition) is 6. The number of carboxylic acid groups (broad SMARTS) is 1. The van der Waals surface area contributed by atoms with Crippen molar-refractivity contribution in [1.82, 2.24) is 9.55 Å². The fourth-order valence-electron chi connectivity index (χ4n) is 3.54. The van der Waals surface area contributed by atoms with Crippen LogP contribution < -0.4 is 9.64 Å². The molecule has 28 heavy (non-hydrogen) atoms. The van der Waals surface area contributed by atoms with Crippen LogP contribution in [0, 0.1) is 0 Å². The summed E-state index contributed by atoms with van der Waals surface area (Å²) in [6, 6.07) is 3.57. The molecule has 0 radical (unpaired) electrons. The topological polar surface area (TPSA) is 92.3 Å². The van der Waals surface area contributed by atoms with E-state index in [4.69, 9.17) is 4.74 Å². The largest absolute Gasteiger partial charge is 0.478 e. The van der Waals surface area contributed by atoms with Crippen LogP contribution in [0.3, 0.4) is 0 Å². The Balaban J connectivity index is 2.07. The normalized spacial score (nSPS) is 16.1. The first-order chi connectivity index (χ1) is 13.2. The van der Waals surface area contributed by atoms with Gasteiger partial charge < -0.3 is 19.3 Å². The maximum Gasteiger partial charge on any atom is 0.338 e. The number of carboxylic acids is 1. The first-order valence-corrected chi connectivity index (χ1v) is 9.44. The number of imidazole rings is 1. The van der Waals surface area contributed by atoms with Crippen LogP contribution in [0.1, 0.15) is 49.5 Å². The lowest BCUT2D eigenvalue weighted by Gasteiger charge is -2.27. The minimum absolute atomic E-state index is 0.0766. The number of aromatic nitrogens is 2. The summed E-state index contributed by atoms with van der Waals surface area (Å²) in [5.41, 5.74) is 2.41. The third kappa shape index (κ3) is 3.85. The number of azo groups is 1. The zero-order valence-electron chi connectivity index (χ0n) is 17.1. The van der Waals surface area contributed by atoms with Crippen LogP contribution in [-0.4, -0.2) is 40.8 Å². The fraction of sp³-hybridized carbons (Fsp3) is 0.500. The molecule has 1 aliphatic heterocycles. The molecule has 0 aliphatic carbocycles. The molecule has 0 bridgehead atoms. The van der Waals surface area contributed by atoms with E-state index in [-0.39, 0.29) is 11.0 Å². The van der Waals surface area contributed by atoms with E-state index in [2.05, 4.69) is 34.0 Å². The smallest absolute Gasteiger partial charge is 0.338 e. The Morgan fingerprint density at radius 1 is 1.32 bits per heavy atom. The molecule has 150 valence electrons. The van der Waals surface area contributed by atoms with Crippen LogP contribution in [0.2, 0.25) is 0 Å². The third-order valence-electron chi connectivity index (χ3n) is 5.15. The average Bonchev–Trinajstić information content (AvgIpc) is 2.93. The summed E-state index contributed by atoms with van der Waals surface area (Å²) in [5, 5.41) is 18.1. The Morgan fingerprint density at radius 2 is 2.07 bits per heavy atom. The molecule has 0 amide bonds. The van der Waals surface area contributed by atoms with Gasteiger partial charge >= 0.3 is 5.97 Å². The number of anilines is 1. The Labute approximate surface area is 164 Å². The molecular weight excluding hydrogens is 358 g/mol. The van der Waals surface area contributed by atoms with E-state index >= 15 is 0 Å². The zero-order chi connectivity index (χ0) is 20.5. The van der Waals surface area contributed by atoms with Crippen molar-refractivity contribution in [3.63, 3.8) is 0 Å². The Bertz CT molecular complexity index is 917. The Kier molecular flexibility index (Phi) is 5.40. The fourth-order valence-corrected chi connectivity index (χ4v) is 3.54. The highest BCUT2D eigenvalue weighted by atomic mass is 16.5. The predicted octanol–water partition coefficient (Wildman–Crippen LogP) is 4.44. The molecule has 1 aliphatic rings. The van der Waals surface area contributed by atoms with Gasteiger partial charge in [-0.05, 0) is 42.9 Å². The summed E-state index contributed by atoms with van der Waals surface area (Å²) in [4.78, 5) is 18.2. The molecule has 0 spiro atoms. The van der Waals surface area contributed by atoms with Gasteiger partial charge in [-0.1, -0.05) is 13.8 Å². The number of rotatable bonds is 5. The van der Waals surface area contributed by atoms with Crippen molar-refractivity contribution in [3.8, 4) is 5.88 Å². The summed E-state index contributed by atoms with van der Waals surface area (Å²) < 4.78 is 7.07. The molecule has 0 unspecified atom stereocenters. The second-order valence-electron chi connectivity index (χ2n) is 7.72. The van der Waals surface area contributed by atoms with Gasteiger partial charge in [-0.2, -0.15) is 4.98 Å². The quantitative estimate of drug-likeness (QED) is 0.768.